The minimum absolute atomic E-state index is 0.0920. The summed E-state index contributed by atoms with van der Waals surface area (Å²) in [5, 5.41) is 15.7. The molecule has 7 heteroatoms. The average Bonchev–Trinajstić information content (AvgIpc) is 2.74. The lowest BCUT2D eigenvalue weighted by Gasteiger charge is -2.25. The van der Waals surface area contributed by atoms with Crippen molar-refractivity contribution in [3.05, 3.63) is 69.3 Å². The highest BCUT2D eigenvalue weighted by molar-refractivity contribution is 9.10. The maximum absolute atomic E-state index is 12.9. The van der Waals surface area contributed by atoms with Gasteiger partial charge in [-0.3, -0.25) is 4.79 Å². The summed E-state index contributed by atoms with van der Waals surface area (Å²) in [5.41, 5.74) is 3.85. The first-order valence-corrected chi connectivity index (χ1v) is 10.6. The number of amides is 1. The standard InChI is InChI=1S/C23H25BrN4O2/c1-28(2)11-5-10-26-23(29)19-13-16-6-3-4-7-20(16)27-21(19)15-30-22-9-8-18(24)12-17(22)14-25/h3-4,6-9,12,27H,5,10-11,13,15H2,1-2H3,(H,26,29). The van der Waals surface area contributed by atoms with Gasteiger partial charge in [0.15, 0.2) is 0 Å². The van der Waals surface area contributed by atoms with E-state index in [4.69, 9.17) is 4.74 Å². The second kappa shape index (κ2) is 10.3. The third kappa shape index (κ3) is 5.62. The van der Waals surface area contributed by atoms with Crippen LogP contribution in [0.15, 0.2) is 58.2 Å². The fraction of sp³-hybridized carbons (Fsp3) is 0.304. The molecule has 0 saturated carbocycles. The molecule has 156 valence electrons. The Balaban J connectivity index is 1.77. The van der Waals surface area contributed by atoms with Gasteiger partial charge in [0.1, 0.15) is 18.4 Å². The molecule has 3 rings (SSSR count). The van der Waals surface area contributed by atoms with E-state index in [0.717, 1.165) is 28.7 Å². The topological polar surface area (TPSA) is 77.4 Å². The molecule has 0 unspecified atom stereocenters. The minimum Gasteiger partial charge on any atom is -0.486 e. The van der Waals surface area contributed by atoms with E-state index >= 15 is 0 Å². The molecule has 1 amide bonds. The first-order chi connectivity index (χ1) is 14.5. The van der Waals surface area contributed by atoms with Crippen LogP contribution < -0.4 is 15.4 Å². The molecule has 0 spiro atoms. The molecule has 0 aromatic heterocycles. The van der Waals surface area contributed by atoms with Crippen molar-refractivity contribution in [2.45, 2.75) is 12.8 Å². The van der Waals surface area contributed by atoms with Crippen LogP contribution in [0.5, 0.6) is 5.75 Å². The molecule has 6 nitrogen and oxygen atoms in total. The molecule has 2 N–H and O–H groups in total. The molecule has 0 fully saturated rings. The molecular weight excluding hydrogens is 444 g/mol. The van der Waals surface area contributed by atoms with Gasteiger partial charge in [0.05, 0.1) is 11.3 Å². The number of nitrogens with one attached hydrogen (secondary N) is 2. The van der Waals surface area contributed by atoms with Gasteiger partial charge in [-0.1, -0.05) is 34.1 Å². The van der Waals surface area contributed by atoms with Gasteiger partial charge < -0.3 is 20.3 Å². The fourth-order valence-corrected chi connectivity index (χ4v) is 3.60. The van der Waals surface area contributed by atoms with Gasteiger partial charge in [-0.2, -0.15) is 5.26 Å². The maximum Gasteiger partial charge on any atom is 0.249 e. The summed E-state index contributed by atoms with van der Waals surface area (Å²) >= 11 is 3.37. The van der Waals surface area contributed by atoms with Crippen LogP contribution in [0.3, 0.4) is 0 Å². The lowest BCUT2D eigenvalue weighted by Crippen LogP contribution is -2.32. The Morgan fingerprint density at radius 3 is 2.87 bits per heavy atom. The van der Waals surface area contributed by atoms with Crippen LogP contribution in [0.2, 0.25) is 0 Å². The maximum atomic E-state index is 12.9. The Morgan fingerprint density at radius 2 is 2.10 bits per heavy atom. The van der Waals surface area contributed by atoms with Crippen LogP contribution in [-0.4, -0.2) is 44.6 Å². The second-order valence-corrected chi connectivity index (χ2v) is 8.29. The zero-order valence-corrected chi connectivity index (χ0v) is 18.8. The Kier molecular flexibility index (Phi) is 7.50. The molecule has 1 aliphatic heterocycles. The van der Waals surface area contributed by atoms with Crippen molar-refractivity contribution in [3.8, 4) is 11.8 Å². The molecule has 1 aliphatic rings. The zero-order valence-electron chi connectivity index (χ0n) is 17.2. The van der Waals surface area contributed by atoms with Crippen LogP contribution in [-0.2, 0) is 11.2 Å². The highest BCUT2D eigenvalue weighted by Gasteiger charge is 2.23. The predicted octanol–water partition coefficient (Wildman–Crippen LogP) is 3.69. The molecule has 30 heavy (non-hydrogen) atoms. The van der Waals surface area contributed by atoms with Crippen molar-refractivity contribution in [2.24, 2.45) is 0 Å². The van der Waals surface area contributed by atoms with Crippen LogP contribution in [0.4, 0.5) is 5.69 Å². The van der Waals surface area contributed by atoms with Gasteiger partial charge in [-0.05, 0) is 56.9 Å². The van der Waals surface area contributed by atoms with E-state index < -0.39 is 0 Å². The smallest absolute Gasteiger partial charge is 0.249 e. The first-order valence-electron chi connectivity index (χ1n) is 9.80. The van der Waals surface area contributed by atoms with E-state index in [1.165, 1.54) is 0 Å². The Hall–Kier alpha value is -2.82. The SMILES string of the molecule is CN(C)CCCNC(=O)C1=C(COc2ccc(Br)cc2C#N)Nc2ccccc2C1. The van der Waals surface area contributed by atoms with Crippen molar-refractivity contribution in [1.29, 1.82) is 5.26 Å². The number of para-hydroxylation sites is 1. The molecule has 0 atom stereocenters. The van der Waals surface area contributed by atoms with E-state index in [1.807, 2.05) is 44.4 Å². The van der Waals surface area contributed by atoms with Crippen molar-refractivity contribution in [2.75, 3.05) is 39.1 Å². The molecule has 0 radical (unpaired) electrons. The van der Waals surface area contributed by atoms with E-state index in [-0.39, 0.29) is 12.5 Å². The molecule has 2 aromatic carbocycles. The normalized spacial score (nSPS) is 12.8. The Labute approximate surface area is 185 Å². The number of nitrogens with zero attached hydrogens (tertiary/aromatic N) is 2. The summed E-state index contributed by atoms with van der Waals surface area (Å²) in [6, 6.07) is 15.4. The predicted molar refractivity (Wildman–Crippen MR) is 121 cm³/mol. The number of carbonyl (C=O) groups excluding carboxylic acids is 1. The van der Waals surface area contributed by atoms with E-state index in [9.17, 15) is 10.1 Å². The number of ether oxygens (including phenoxy) is 1. The lowest BCUT2D eigenvalue weighted by atomic mass is 9.97. The van der Waals surface area contributed by atoms with Gasteiger partial charge in [-0.25, -0.2) is 0 Å². The van der Waals surface area contributed by atoms with E-state index in [1.54, 1.807) is 12.1 Å². The quantitative estimate of drug-likeness (QED) is 0.577. The Bertz CT molecular complexity index is 995. The lowest BCUT2D eigenvalue weighted by molar-refractivity contribution is -0.117. The van der Waals surface area contributed by atoms with Gasteiger partial charge in [-0.15, -0.1) is 0 Å². The number of halogens is 1. The van der Waals surface area contributed by atoms with Gasteiger partial charge in [0.25, 0.3) is 0 Å². The van der Waals surface area contributed by atoms with Crippen LogP contribution in [0, 0.1) is 11.3 Å². The van der Waals surface area contributed by atoms with Gasteiger partial charge >= 0.3 is 0 Å². The number of nitriles is 1. The van der Waals surface area contributed by atoms with Gasteiger partial charge in [0.2, 0.25) is 5.91 Å². The van der Waals surface area contributed by atoms with Crippen LogP contribution in [0.25, 0.3) is 0 Å². The summed E-state index contributed by atoms with van der Waals surface area (Å²) in [4.78, 5) is 15.0. The van der Waals surface area contributed by atoms with Gasteiger partial charge in [0, 0.05) is 28.7 Å². The van der Waals surface area contributed by atoms with Crippen molar-refractivity contribution >= 4 is 27.5 Å². The minimum atomic E-state index is -0.0920. The second-order valence-electron chi connectivity index (χ2n) is 7.37. The largest absolute Gasteiger partial charge is 0.486 e. The zero-order chi connectivity index (χ0) is 21.5. The monoisotopic (exact) mass is 468 g/mol. The summed E-state index contributed by atoms with van der Waals surface area (Å²) in [6.07, 6.45) is 1.42. The number of hydrogen-bond donors (Lipinski definition) is 2. The third-order valence-electron chi connectivity index (χ3n) is 4.81. The van der Waals surface area contributed by atoms with Crippen LogP contribution >= 0.6 is 15.9 Å². The molecule has 2 aromatic rings. The molecule has 1 heterocycles. The summed E-state index contributed by atoms with van der Waals surface area (Å²) in [5.74, 6) is 0.394. The number of fused-ring (bicyclic) bond motifs is 1. The third-order valence-corrected chi connectivity index (χ3v) is 5.30. The number of benzene rings is 2. The number of hydrogen-bond acceptors (Lipinski definition) is 5. The molecular formula is C23H25BrN4O2. The molecule has 0 aliphatic carbocycles. The van der Waals surface area contributed by atoms with Crippen molar-refractivity contribution in [1.82, 2.24) is 10.2 Å². The summed E-state index contributed by atoms with van der Waals surface area (Å²) in [6.45, 7) is 1.70. The molecule has 0 saturated heterocycles. The summed E-state index contributed by atoms with van der Waals surface area (Å²) < 4.78 is 6.74. The first kappa shape index (κ1) is 21.9. The van der Waals surface area contributed by atoms with Crippen LogP contribution in [0.1, 0.15) is 17.5 Å². The molecule has 0 bridgehead atoms. The van der Waals surface area contributed by atoms with Crippen molar-refractivity contribution < 1.29 is 9.53 Å². The summed E-state index contributed by atoms with van der Waals surface area (Å²) in [7, 11) is 4.03. The Morgan fingerprint density at radius 1 is 1.30 bits per heavy atom. The van der Waals surface area contributed by atoms with E-state index in [2.05, 4.69) is 37.5 Å². The highest BCUT2D eigenvalue weighted by atomic mass is 79.9. The van der Waals surface area contributed by atoms with Crippen molar-refractivity contribution in [3.63, 3.8) is 0 Å². The van der Waals surface area contributed by atoms with E-state index in [0.29, 0.717) is 35.5 Å². The highest BCUT2D eigenvalue weighted by Crippen LogP contribution is 2.29. The number of anilines is 1. The average molecular weight is 469 g/mol. The number of rotatable bonds is 8. The fourth-order valence-electron chi connectivity index (χ4n) is 3.24. The number of carbonyl (C=O) groups is 1.